The Balaban J connectivity index is 1.45. The zero-order chi connectivity index (χ0) is 21.9. The second-order valence-corrected chi connectivity index (χ2v) is 9.21. The zero-order valence-corrected chi connectivity index (χ0v) is 18.8. The molecule has 2 heterocycles. The predicted molar refractivity (Wildman–Crippen MR) is 135 cm³/mol. The van der Waals surface area contributed by atoms with Crippen LogP contribution in [0, 0.1) is 0 Å². The van der Waals surface area contributed by atoms with Crippen molar-refractivity contribution in [2.24, 2.45) is 0 Å². The molecule has 0 radical (unpaired) electrons. The van der Waals surface area contributed by atoms with Crippen molar-refractivity contribution in [1.82, 2.24) is 4.57 Å². The third-order valence-corrected chi connectivity index (χ3v) is 7.19. The molecule has 158 valence electrons. The summed E-state index contributed by atoms with van der Waals surface area (Å²) >= 11 is 3.39. The van der Waals surface area contributed by atoms with Crippen LogP contribution >= 0.6 is 23.1 Å². The van der Waals surface area contributed by atoms with E-state index >= 15 is 0 Å². The van der Waals surface area contributed by atoms with Crippen LogP contribution in [0.2, 0.25) is 0 Å². The SMILES string of the molecule is O=C(Cn1c2ccccc2c(=O)c2ccccc21)Nc1ccccc1SCc1ccsc1. The van der Waals surface area contributed by atoms with E-state index in [-0.39, 0.29) is 17.9 Å². The third-order valence-electron chi connectivity index (χ3n) is 5.32. The van der Waals surface area contributed by atoms with Gasteiger partial charge in [0.1, 0.15) is 6.54 Å². The van der Waals surface area contributed by atoms with Crippen LogP contribution in [-0.2, 0) is 17.1 Å². The van der Waals surface area contributed by atoms with E-state index in [1.165, 1.54) is 5.56 Å². The monoisotopic (exact) mass is 456 g/mol. The lowest BCUT2D eigenvalue weighted by Crippen LogP contribution is -2.21. The summed E-state index contributed by atoms with van der Waals surface area (Å²) in [6, 6.07) is 24.9. The highest BCUT2D eigenvalue weighted by Crippen LogP contribution is 2.30. The number of carbonyl (C=O) groups is 1. The normalized spacial score (nSPS) is 11.1. The maximum Gasteiger partial charge on any atom is 0.244 e. The molecule has 0 aliphatic carbocycles. The van der Waals surface area contributed by atoms with E-state index < -0.39 is 0 Å². The molecule has 5 rings (SSSR count). The van der Waals surface area contributed by atoms with Crippen molar-refractivity contribution >= 4 is 56.5 Å². The van der Waals surface area contributed by atoms with Crippen LogP contribution in [0.1, 0.15) is 5.56 Å². The molecule has 32 heavy (non-hydrogen) atoms. The number of nitrogens with one attached hydrogen (secondary N) is 1. The van der Waals surface area contributed by atoms with Gasteiger partial charge in [0, 0.05) is 21.4 Å². The lowest BCUT2D eigenvalue weighted by molar-refractivity contribution is -0.116. The first-order chi connectivity index (χ1) is 15.7. The van der Waals surface area contributed by atoms with Gasteiger partial charge in [0.25, 0.3) is 0 Å². The van der Waals surface area contributed by atoms with Crippen LogP contribution in [0.5, 0.6) is 0 Å². The van der Waals surface area contributed by atoms with Crippen LogP contribution in [0.15, 0.2) is 99.3 Å². The molecule has 0 aliphatic heterocycles. The van der Waals surface area contributed by atoms with Gasteiger partial charge >= 0.3 is 0 Å². The largest absolute Gasteiger partial charge is 0.331 e. The van der Waals surface area contributed by atoms with Crippen molar-refractivity contribution in [3.8, 4) is 0 Å². The number of anilines is 1. The Hall–Kier alpha value is -3.35. The van der Waals surface area contributed by atoms with Crippen LogP contribution in [0.25, 0.3) is 21.8 Å². The Labute approximate surface area is 193 Å². The predicted octanol–water partition coefficient (Wildman–Crippen LogP) is 6.15. The number of hydrogen-bond acceptors (Lipinski definition) is 4. The van der Waals surface area contributed by atoms with Crippen molar-refractivity contribution < 1.29 is 4.79 Å². The number of pyridine rings is 1. The third kappa shape index (κ3) is 4.07. The fourth-order valence-electron chi connectivity index (χ4n) is 3.81. The number of fused-ring (bicyclic) bond motifs is 2. The van der Waals surface area contributed by atoms with Crippen molar-refractivity contribution in [2.75, 3.05) is 5.32 Å². The van der Waals surface area contributed by atoms with Gasteiger partial charge in [-0.1, -0.05) is 36.4 Å². The van der Waals surface area contributed by atoms with E-state index in [2.05, 4.69) is 22.1 Å². The second-order valence-electron chi connectivity index (χ2n) is 7.41. The second kappa shape index (κ2) is 9.02. The minimum Gasteiger partial charge on any atom is -0.331 e. The first-order valence-corrected chi connectivity index (χ1v) is 12.2. The first-order valence-electron chi connectivity index (χ1n) is 10.2. The summed E-state index contributed by atoms with van der Waals surface area (Å²) in [5.41, 5.74) is 3.57. The molecule has 5 aromatic rings. The number of hydrogen-bond donors (Lipinski definition) is 1. The van der Waals surface area contributed by atoms with Gasteiger partial charge in [0.05, 0.1) is 16.7 Å². The number of carbonyl (C=O) groups excluding carboxylic acids is 1. The Morgan fingerprint density at radius 3 is 2.22 bits per heavy atom. The average molecular weight is 457 g/mol. The number of nitrogens with zero attached hydrogens (tertiary/aromatic N) is 1. The summed E-state index contributed by atoms with van der Waals surface area (Å²) < 4.78 is 1.92. The standard InChI is InChI=1S/C26H20N2O2S2/c29-25(27-21-9-3-6-12-24(21)32-17-18-13-14-31-16-18)15-28-22-10-4-1-7-19(22)26(30)20-8-2-5-11-23(20)28/h1-14,16H,15,17H2,(H,27,29). The quantitative estimate of drug-likeness (QED) is 0.246. The van der Waals surface area contributed by atoms with E-state index in [0.717, 1.165) is 27.4 Å². The average Bonchev–Trinajstić information content (AvgIpc) is 3.35. The zero-order valence-electron chi connectivity index (χ0n) is 17.2. The molecular formula is C26H20N2O2S2. The maximum atomic E-state index is 13.1. The van der Waals surface area contributed by atoms with E-state index in [1.54, 1.807) is 23.1 Å². The molecule has 0 fully saturated rings. The van der Waals surface area contributed by atoms with Gasteiger partial charge in [-0.15, -0.1) is 11.8 Å². The van der Waals surface area contributed by atoms with Crippen molar-refractivity contribution in [3.05, 3.63) is 105 Å². The number of rotatable bonds is 6. The minimum absolute atomic E-state index is 0.0111. The molecule has 0 spiro atoms. The molecule has 3 aromatic carbocycles. The summed E-state index contributed by atoms with van der Waals surface area (Å²) in [7, 11) is 0. The van der Waals surface area contributed by atoms with Crippen molar-refractivity contribution in [1.29, 1.82) is 0 Å². The molecule has 0 bridgehead atoms. The minimum atomic E-state index is -0.132. The number of benzene rings is 3. The summed E-state index contributed by atoms with van der Waals surface area (Å²) in [5.74, 6) is 0.721. The molecule has 0 saturated carbocycles. The van der Waals surface area contributed by atoms with E-state index in [0.29, 0.717) is 10.8 Å². The maximum absolute atomic E-state index is 13.1. The van der Waals surface area contributed by atoms with Gasteiger partial charge in [-0.3, -0.25) is 9.59 Å². The van der Waals surface area contributed by atoms with Crippen LogP contribution in [0.4, 0.5) is 5.69 Å². The van der Waals surface area contributed by atoms with Crippen molar-refractivity contribution in [3.63, 3.8) is 0 Å². The fraction of sp³-hybridized carbons (Fsp3) is 0.0769. The molecule has 0 unspecified atom stereocenters. The Bertz CT molecular complexity index is 1410. The highest BCUT2D eigenvalue weighted by atomic mass is 32.2. The lowest BCUT2D eigenvalue weighted by atomic mass is 10.1. The molecule has 6 heteroatoms. The molecule has 4 nitrogen and oxygen atoms in total. The Kier molecular flexibility index (Phi) is 5.79. The number of para-hydroxylation sites is 3. The molecule has 0 saturated heterocycles. The van der Waals surface area contributed by atoms with Gasteiger partial charge in [-0.25, -0.2) is 0 Å². The molecular weight excluding hydrogens is 436 g/mol. The number of amides is 1. The van der Waals surface area contributed by atoms with E-state index in [1.807, 2.05) is 77.4 Å². The molecule has 1 amide bonds. The van der Waals surface area contributed by atoms with Gasteiger partial charge in [-0.05, 0) is 58.8 Å². The first kappa shape index (κ1) is 20.5. The van der Waals surface area contributed by atoms with Gasteiger partial charge in [0.2, 0.25) is 5.91 Å². The fourth-order valence-corrected chi connectivity index (χ4v) is 5.54. The summed E-state index contributed by atoms with van der Waals surface area (Å²) in [6.07, 6.45) is 0. The van der Waals surface area contributed by atoms with Gasteiger partial charge in [-0.2, -0.15) is 11.3 Å². The number of thiophene rings is 1. The molecule has 1 N–H and O–H groups in total. The Morgan fingerprint density at radius 2 is 1.53 bits per heavy atom. The van der Waals surface area contributed by atoms with Gasteiger partial charge in [0.15, 0.2) is 5.43 Å². The van der Waals surface area contributed by atoms with Crippen LogP contribution in [-0.4, -0.2) is 10.5 Å². The molecule has 0 atom stereocenters. The van der Waals surface area contributed by atoms with Crippen LogP contribution < -0.4 is 10.7 Å². The number of aromatic nitrogens is 1. The number of thioether (sulfide) groups is 1. The van der Waals surface area contributed by atoms with Gasteiger partial charge < -0.3 is 9.88 Å². The summed E-state index contributed by atoms with van der Waals surface area (Å²) in [5, 5.41) is 8.52. The van der Waals surface area contributed by atoms with E-state index in [4.69, 9.17) is 0 Å². The summed E-state index contributed by atoms with van der Waals surface area (Å²) in [4.78, 5) is 27.1. The highest BCUT2D eigenvalue weighted by Gasteiger charge is 2.14. The van der Waals surface area contributed by atoms with Crippen molar-refractivity contribution in [2.45, 2.75) is 17.2 Å². The smallest absolute Gasteiger partial charge is 0.244 e. The van der Waals surface area contributed by atoms with E-state index in [9.17, 15) is 9.59 Å². The topological polar surface area (TPSA) is 51.1 Å². The highest BCUT2D eigenvalue weighted by molar-refractivity contribution is 7.98. The van der Waals surface area contributed by atoms with Crippen LogP contribution in [0.3, 0.4) is 0 Å². The lowest BCUT2D eigenvalue weighted by Gasteiger charge is -2.16. The molecule has 2 aromatic heterocycles. The Morgan fingerprint density at radius 1 is 0.875 bits per heavy atom. The molecule has 0 aliphatic rings. The summed E-state index contributed by atoms with van der Waals surface area (Å²) in [6.45, 7) is 0.116.